The van der Waals surface area contributed by atoms with Crippen molar-refractivity contribution in [3.8, 4) is 0 Å². The Morgan fingerprint density at radius 1 is 1.22 bits per heavy atom. The predicted molar refractivity (Wildman–Crippen MR) is 111 cm³/mol. The van der Waals surface area contributed by atoms with E-state index in [0.717, 1.165) is 32.1 Å². The maximum Gasteiger partial charge on any atom is 0.302 e. The monoisotopic (exact) mass is 412 g/mol. The summed E-state index contributed by atoms with van der Waals surface area (Å²) in [6.07, 6.45) is 10.2. The summed E-state index contributed by atoms with van der Waals surface area (Å²) in [6, 6.07) is 0. The third kappa shape index (κ3) is 3.00. The van der Waals surface area contributed by atoms with Crippen molar-refractivity contribution in [1.82, 2.24) is 0 Å². The fourth-order valence-corrected chi connectivity index (χ4v) is 8.17. The third-order valence-corrected chi connectivity index (χ3v) is 9.44. The number of carbonyl (C=O) groups is 1. The minimum absolute atomic E-state index is 0.0519. The molecular weight excluding hydrogens is 380 g/mol. The van der Waals surface area contributed by atoms with Gasteiger partial charge in [0, 0.05) is 24.7 Å². The molecule has 4 aliphatic rings. The lowest BCUT2D eigenvalue weighted by molar-refractivity contribution is -0.171. The van der Waals surface area contributed by atoms with E-state index in [9.17, 15) is 4.79 Å². The second-order valence-electron chi connectivity index (χ2n) is 9.85. The first-order valence-corrected chi connectivity index (χ1v) is 11.4. The van der Waals surface area contributed by atoms with Crippen molar-refractivity contribution in [2.24, 2.45) is 34.5 Å². The van der Waals surface area contributed by atoms with Gasteiger partial charge in [0.15, 0.2) is 0 Å². The Hall–Kier alpha value is -0.190. The Balaban J connectivity index is 1.70. The largest absolute Gasteiger partial charge is 0.460 e. The summed E-state index contributed by atoms with van der Waals surface area (Å²) in [7, 11) is 1.86. The van der Waals surface area contributed by atoms with Gasteiger partial charge in [-0.2, -0.15) is 12.6 Å². The highest BCUT2D eigenvalue weighted by atomic mass is 35.5. The van der Waals surface area contributed by atoms with Crippen molar-refractivity contribution < 1.29 is 14.3 Å². The van der Waals surface area contributed by atoms with Crippen LogP contribution in [0.5, 0.6) is 0 Å². The van der Waals surface area contributed by atoms with Gasteiger partial charge in [-0.3, -0.25) is 4.79 Å². The van der Waals surface area contributed by atoms with Crippen LogP contribution < -0.4 is 0 Å². The van der Waals surface area contributed by atoms with Gasteiger partial charge in [0.05, 0.1) is 11.5 Å². The van der Waals surface area contributed by atoms with E-state index in [0.29, 0.717) is 28.9 Å². The van der Waals surface area contributed by atoms with E-state index >= 15 is 0 Å². The number of carbonyl (C=O) groups excluding carboxylic acids is 1. The molecular formula is C22H33ClO3S. The zero-order chi connectivity index (χ0) is 19.6. The lowest BCUT2D eigenvalue weighted by atomic mass is 9.45. The van der Waals surface area contributed by atoms with Gasteiger partial charge in [-0.25, -0.2) is 0 Å². The van der Waals surface area contributed by atoms with E-state index in [-0.39, 0.29) is 34.4 Å². The zero-order valence-corrected chi connectivity index (χ0v) is 18.5. The first-order chi connectivity index (χ1) is 12.7. The molecule has 0 aromatic carbocycles. The predicted octanol–water partition coefficient (Wildman–Crippen LogP) is 4.88. The number of hydrogen-bond donors (Lipinski definition) is 1. The molecule has 0 saturated heterocycles. The molecule has 0 heterocycles. The van der Waals surface area contributed by atoms with Crippen molar-refractivity contribution in [2.45, 2.75) is 75.7 Å². The molecule has 3 fully saturated rings. The first kappa shape index (κ1) is 20.1. The van der Waals surface area contributed by atoms with Gasteiger partial charge in [-0.1, -0.05) is 26.0 Å². The van der Waals surface area contributed by atoms with E-state index in [2.05, 4.69) is 26.0 Å². The fourth-order valence-electron chi connectivity index (χ4n) is 7.30. The summed E-state index contributed by atoms with van der Waals surface area (Å²) < 4.78 is 11.8. The molecule has 0 N–H and O–H groups in total. The van der Waals surface area contributed by atoms with Crippen LogP contribution in [0.4, 0.5) is 0 Å². The van der Waals surface area contributed by atoms with Gasteiger partial charge < -0.3 is 9.47 Å². The van der Waals surface area contributed by atoms with Crippen molar-refractivity contribution in [1.29, 1.82) is 0 Å². The van der Waals surface area contributed by atoms with Gasteiger partial charge in [0.2, 0.25) is 0 Å². The number of halogens is 1. The van der Waals surface area contributed by atoms with Crippen LogP contribution in [-0.2, 0) is 14.3 Å². The molecule has 5 unspecified atom stereocenters. The van der Waals surface area contributed by atoms with Gasteiger partial charge in [-0.15, -0.1) is 11.6 Å². The highest BCUT2D eigenvalue weighted by Crippen LogP contribution is 2.66. The van der Waals surface area contributed by atoms with Crippen LogP contribution in [0, 0.1) is 34.5 Å². The van der Waals surface area contributed by atoms with Crippen molar-refractivity contribution in [3.63, 3.8) is 0 Å². The summed E-state index contributed by atoms with van der Waals surface area (Å²) in [4.78, 5) is 11.7. The second-order valence-corrected chi connectivity index (χ2v) is 11.1. The Kier molecular flexibility index (Phi) is 5.17. The summed E-state index contributed by atoms with van der Waals surface area (Å²) in [5.74, 6) is 1.91. The molecule has 0 radical (unpaired) electrons. The molecule has 0 aliphatic heterocycles. The van der Waals surface area contributed by atoms with E-state index in [1.54, 1.807) is 0 Å². The average molecular weight is 413 g/mol. The molecule has 152 valence electrons. The van der Waals surface area contributed by atoms with Crippen molar-refractivity contribution >= 4 is 30.2 Å². The van der Waals surface area contributed by atoms with Gasteiger partial charge in [-0.05, 0) is 61.2 Å². The molecule has 27 heavy (non-hydrogen) atoms. The standard InChI is InChI=1S/C22H33ClO3S/c1-12(24)26-20-17(23)11-16-19-15(6-8-22(16,20)3)21(2)7-5-14(27)9-13(21)10-18(19)25-4/h5,7,13-20,27H,6,8-11H2,1-4H3/t13?,14-,15?,16?,17+,18-,19?,20?,21-,22-/m0/s1. The first-order valence-electron chi connectivity index (χ1n) is 10.4. The van der Waals surface area contributed by atoms with Gasteiger partial charge >= 0.3 is 5.97 Å². The highest BCUT2D eigenvalue weighted by Gasteiger charge is 2.65. The van der Waals surface area contributed by atoms with Crippen molar-refractivity contribution in [3.05, 3.63) is 12.2 Å². The molecule has 0 amide bonds. The SMILES string of the molecule is CO[C@H]1CC2C[C@@H](S)C=C[C@]2(C)C2CC[C@@]3(C)C(C[C@@H](Cl)C3OC(C)=O)C21. The lowest BCUT2D eigenvalue weighted by Gasteiger charge is -2.61. The number of allylic oxidation sites excluding steroid dienone is 1. The molecule has 0 spiro atoms. The zero-order valence-electron chi connectivity index (χ0n) is 16.9. The van der Waals surface area contributed by atoms with Crippen LogP contribution >= 0.6 is 24.2 Å². The van der Waals surface area contributed by atoms with Gasteiger partial charge in [0.1, 0.15) is 6.10 Å². The van der Waals surface area contributed by atoms with Crippen LogP contribution in [-0.4, -0.2) is 35.9 Å². The molecule has 10 atom stereocenters. The maximum atomic E-state index is 11.7. The van der Waals surface area contributed by atoms with E-state index < -0.39 is 0 Å². The number of alkyl halides is 1. The number of ether oxygens (including phenoxy) is 2. The third-order valence-electron chi connectivity index (χ3n) is 8.65. The second kappa shape index (κ2) is 6.95. The Labute approximate surface area is 174 Å². The lowest BCUT2D eigenvalue weighted by Crippen LogP contribution is -2.58. The minimum atomic E-state index is -0.219. The number of thiol groups is 1. The van der Waals surface area contributed by atoms with Crippen molar-refractivity contribution in [2.75, 3.05) is 7.11 Å². The maximum absolute atomic E-state index is 11.7. The quantitative estimate of drug-likeness (QED) is 0.304. The Morgan fingerprint density at radius 2 is 1.96 bits per heavy atom. The summed E-state index contributed by atoms with van der Waals surface area (Å²) in [6.45, 7) is 6.25. The smallest absolute Gasteiger partial charge is 0.302 e. The summed E-state index contributed by atoms with van der Waals surface area (Å²) >= 11 is 11.5. The van der Waals surface area contributed by atoms with E-state index in [1.165, 1.54) is 6.92 Å². The number of rotatable bonds is 2. The Bertz CT molecular complexity index is 639. The topological polar surface area (TPSA) is 35.5 Å². The fraction of sp³-hybridized carbons (Fsp3) is 0.864. The number of esters is 1. The normalized spacial score (nSPS) is 54.0. The summed E-state index contributed by atoms with van der Waals surface area (Å²) in [5.41, 5.74) is 0.158. The molecule has 4 rings (SSSR count). The van der Waals surface area contributed by atoms with E-state index in [1.807, 2.05) is 7.11 Å². The van der Waals surface area contributed by atoms with E-state index in [4.69, 9.17) is 33.7 Å². The molecule has 3 nitrogen and oxygen atoms in total. The Morgan fingerprint density at radius 3 is 2.63 bits per heavy atom. The molecule has 0 aromatic heterocycles. The van der Waals surface area contributed by atoms with Crippen LogP contribution in [0.3, 0.4) is 0 Å². The van der Waals surface area contributed by atoms with Crippen LogP contribution in [0.15, 0.2) is 12.2 Å². The summed E-state index contributed by atoms with van der Waals surface area (Å²) in [5, 5.41) is 0.257. The van der Waals surface area contributed by atoms with Crippen LogP contribution in [0.1, 0.15) is 52.9 Å². The highest BCUT2D eigenvalue weighted by molar-refractivity contribution is 7.81. The van der Waals surface area contributed by atoms with Gasteiger partial charge in [0.25, 0.3) is 0 Å². The van der Waals surface area contributed by atoms with Crippen LogP contribution in [0.2, 0.25) is 0 Å². The number of methoxy groups -OCH3 is 1. The number of fused-ring (bicyclic) bond motifs is 5. The molecule has 5 heteroatoms. The molecule has 0 bridgehead atoms. The molecule has 3 saturated carbocycles. The average Bonchev–Trinajstić information content (AvgIpc) is 2.86. The van der Waals surface area contributed by atoms with Crippen LogP contribution in [0.25, 0.3) is 0 Å². The molecule has 0 aromatic rings. The minimum Gasteiger partial charge on any atom is -0.460 e. The molecule has 4 aliphatic carbocycles. The number of hydrogen-bond acceptors (Lipinski definition) is 4.